The first-order valence-corrected chi connectivity index (χ1v) is 3.73. The molecule has 3 nitrogen and oxygen atoms in total. The molecule has 1 heterocycles. The Morgan fingerprint density at radius 3 is 3.22 bits per heavy atom. The van der Waals surface area contributed by atoms with Gasteiger partial charge in [-0.25, -0.2) is 4.98 Å². The molecule has 0 aliphatic carbocycles. The van der Waals surface area contributed by atoms with Crippen molar-refractivity contribution in [1.29, 1.82) is 0 Å². The van der Waals surface area contributed by atoms with Gasteiger partial charge >= 0.3 is 0 Å². The lowest BCUT2D eigenvalue weighted by Crippen LogP contribution is -2.00. The van der Waals surface area contributed by atoms with E-state index in [9.17, 15) is 0 Å². The van der Waals surface area contributed by atoms with Crippen molar-refractivity contribution in [2.75, 3.05) is 12.3 Å². The number of imidazole rings is 1. The molecule has 0 aliphatic heterocycles. The largest absolute Gasteiger partial charge is 0.340 e. The fourth-order valence-electron chi connectivity index (χ4n) is 0.491. The zero-order valence-corrected chi connectivity index (χ0v) is 5.82. The predicted molar refractivity (Wildman–Crippen MR) is 38.4 cm³/mol. The second-order valence-electron chi connectivity index (χ2n) is 1.55. The van der Waals surface area contributed by atoms with E-state index in [1.54, 1.807) is 24.3 Å². The molecule has 0 bridgehead atoms. The Balaban J connectivity index is 2.30. The van der Waals surface area contributed by atoms with Crippen LogP contribution < -0.4 is 5.73 Å². The molecule has 0 radical (unpaired) electrons. The van der Waals surface area contributed by atoms with Gasteiger partial charge < -0.3 is 10.7 Å². The molecular weight excluding hydrogens is 134 g/mol. The van der Waals surface area contributed by atoms with Gasteiger partial charge in [-0.3, -0.25) is 0 Å². The van der Waals surface area contributed by atoms with Crippen molar-refractivity contribution in [3.8, 4) is 0 Å². The van der Waals surface area contributed by atoms with Gasteiger partial charge in [-0.05, 0) is 0 Å². The lowest BCUT2D eigenvalue weighted by atomic mass is 10.8. The number of H-pyrrole nitrogens is 1. The van der Waals surface area contributed by atoms with E-state index in [4.69, 9.17) is 5.73 Å². The monoisotopic (exact) mass is 143 g/mol. The lowest BCUT2D eigenvalue weighted by molar-refractivity contribution is 1.13. The first-order valence-electron chi connectivity index (χ1n) is 2.74. The molecule has 0 fully saturated rings. The molecule has 0 amide bonds. The minimum absolute atomic E-state index is 0.712. The number of hydrogen-bond donors (Lipinski definition) is 2. The van der Waals surface area contributed by atoms with Gasteiger partial charge in [0.05, 0.1) is 17.6 Å². The van der Waals surface area contributed by atoms with Gasteiger partial charge in [0.15, 0.2) is 0 Å². The van der Waals surface area contributed by atoms with Crippen LogP contribution in [0.3, 0.4) is 0 Å². The third-order valence-electron chi connectivity index (χ3n) is 0.849. The van der Waals surface area contributed by atoms with E-state index in [-0.39, 0.29) is 0 Å². The van der Waals surface area contributed by atoms with Gasteiger partial charge in [-0.15, -0.1) is 11.8 Å². The summed E-state index contributed by atoms with van der Waals surface area (Å²) in [6.45, 7) is 0.712. The van der Waals surface area contributed by atoms with Gasteiger partial charge in [-0.2, -0.15) is 0 Å². The zero-order valence-electron chi connectivity index (χ0n) is 5.00. The van der Waals surface area contributed by atoms with E-state index in [2.05, 4.69) is 9.97 Å². The Kier molecular flexibility index (Phi) is 2.60. The second kappa shape index (κ2) is 3.53. The average Bonchev–Trinajstić information content (AvgIpc) is 2.34. The summed E-state index contributed by atoms with van der Waals surface area (Å²) in [5.41, 5.74) is 5.29. The minimum atomic E-state index is 0.712. The molecule has 0 spiro atoms. The summed E-state index contributed by atoms with van der Waals surface area (Å²) < 4.78 is 0. The smallest absolute Gasteiger partial charge is 0.0928 e. The summed E-state index contributed by atoms with van der Waals surface area (Å²) >= 11 is 1.68. The highest BCUT2D eigenvalue weighted by Crippen LogP contribution is 2.11. The van der Waals surface area contributed by atoms with Crippen LogP contribution in [0.25, 0.3) is 0 Å². The summed E-state index contributed by atoms with van der Waals surface area (Å²) in [4.78, 5) is 6.83. The molecule has 1 aromatic heterocycles. The van der Waals surface area contributed by atoms with Crippen LogP contribution in [0.2, 0.25) is 0 Å². The van der Waals surface area contributed by atoms with Crippen LogP contribution >= 0.6 is 11.8 Å². The summed E-state index contributed by atoms with van der Waals surface area (Å²) in [7, 11) is 0. The van der Waals surface area contributed by atoms with Crippen molar-refractivity contribution < 1.29 is 0 Å². The molecule has 0 aromatic carbocycles. The second-order valence-corrected chi connectivity index (χ2v) is 2.69. The van der Waals surface area contributed by atoms with E-state index in [1.807, 2.05) is 0 Å². The maximum absolute atomic E-state index is 5.29. The van der Waals surface area contributed by atoms with E-state index < -0.39 is 0 Å². The van der Waals surface area contributed by atoms with Crippen LogP contribution in [0.4, 0.5) is 0 Å². The molecule has 0 saturated heterocycles. The highest BCUT2D eigenvalue weighted by molar-refractivity contribution is 7.99. The summed E-state index contributed by atoms with van der Waals surface area (Å²) in [5.74, 6) is 0.947. The maximum Gasteiger partial charge on any atom is 0.0928 e. The fourth-order valence-corrected chi connectivity index (χ4v) is 1.10. The van der Waals surface area contributed by atoms with E-state index in [0.717, 1.165) is 10.8 Å². The zero-order chi connectivity index (χ0) is 6.53. The SMILES string of the molecule is NCCSc1cnc[nH]1. The Hall–Kier alpha value is -0.480. The first-order chi connectivity index (χ1) is 4.43. The van der Waals surface area contributed by atoms with Crippen molar-refractivity contribution in [2.24, 2.45) is 5.73 Å². The Morgan fingerprint density at radius 1 is 1.78 bits per heavy atom. The third kappa shape index (κ3) is 2.07. The number of hydrogen-bond acceptors (Lipinski definition) is 3. The Morgan fingerprint density at radius 2 is 2.67 bits per heavy atom. The van der Waals surface area contributed by atoms with Crippen LogP contribution in [0.5, 0.6) is 0 Å². The van der Waals surface area contributed by atoms with Gasteiger partial charge in [0, 0.05) is 12.3 Å². The normalized spacial score (nSPS) is 9.89. The standard InChI is InChI=1S/C5H9N3S/c6-1-2-9-5-3-7-4-8-5/h3-4H,1-2,6H2,(H,7,8). The summed E-state index contributed by atoms with van der Waals surface area (Å²) in [5, 5.41) is 1.08. The number of rotatable bonds is 3. The van der Waals surface area contributed by atoms with Gasteiger partial charge in [0.2, 0.25) is 0 Å². The van der Waals surface area contributed by atoms with Crippen molar-refractivity contribution in [2.45, 2.75) is 5.03 Å². The van der Waals surface area contributed by atoms with Crippen LogP contribution in [0, 0.1) is 0 Å². The molecule has 3 N–H and O–H groups in total. The molecule has 9 heavy (non-hydrogen) atoms. The molecule has 0 aliphatic rings. The number of aromatic nitrogens is 2. The molecular formula is C5H9N3S. The quantitative estimate of drug-likeness (QED) is 0.604. The fraction of sp³-hybridized carbons (Fsp3) is 0.400. The number of nitrogens with zero attached hydrogens (tertiary/aromatic N) is 1. The van der Waals surface area contributed by atoms with Crippen LogP contribution in [-0.4, -0.2) is 22.3 Å². The first kappa shape index (κ1) is 6.64. The topological polar surface area (TPSA) is 54.7 Å². The van der Waals surface area contributed by atoms with Crippen molar-refractivity contribution in [3.05, 3.63) is 12.5 Å². The number of nitrogens with one attached hydrogen (secondary N) is 1. The summed E-state index contributed by atoms with van der Waals surface area (Å²) in [6.07, 6.45) is 3.46. The van der Waals surface area contributed by atoms with Gasteiger partial charge in [0.25, 0.3) is 0 Å². The average molecular weight is 143 g/mol. The van der Waals surface area contributed by atoms with E-state index >= 15 is 0 Å². The Labute approximate surface area is 58.1 Å². The molecule has 1 aromatic rings. The van der Waals surface area contributed by atoms with Crippen molar-refractivity contribution >= 4 is 11.8 Å². The Bertz CT molecular complexity index is 149. The number of nitrogens with two attached hydrogens (primary N) is 1. The van der Waals surface area contributed by atoms with Crippen molar-refractivity contribution in [1.82, 2.24) is 9.97 Å². The minimum Gasteiger partial charge on any atom is -0.340 e. The third-order valence-corrected chi connectivity index (χ3v) is 1.82. The van der Waals surface area contributed by atoms with E-state index in [1.165, 1.54) is 0 Å². The van der Waals surface area contributed by atoms with Gasteiger partial charge in [0.1, 0.15) is 0 Å². The molecule has 0 saturated carbocycles. The van der Waals surface area contributed by atoms with Crippen LogP contribution in [0.15, 0.2) is 17.6 Å². The number of thioether (sulfide) groups is 1. The predicted octanol–water partition coefficient (Wildman–Crippen LogP) is 0.461. The summed E-state index contributed by atoms with van der Waals surface area (Å²) in [6, 6.07) is 0. The highest BCUT2D eigenvalue weighted by Gasteiger charge is 1.90. The highest BCUT2D eigenvalue weighted by atomic mass is 32.2. The van der Waals surface area contributed by atoms with Crippen molar-refractivity contribution in [3.63, 3.8) is 0 Å². The van der Waals surface area contributed by atoms with Crippen LogP contribution in [0.1, 0.15) is 0 Å². The molecule has 0 unspecified atom stereocenters. The molecule has 4 heteroatoms. The lowest BCUT2D eigenvalue weighted by Gasteiger charge is -1.90. The number of aromatic amines is 1. The maximum atomic E-state index is 5.29. The van der Waals surface area contributed by atoms with Crippen LogP contribution in [-0.2, 0) is 0 Å². The van der Waals surface area contributed by atoms with E-state index in [0.29, 0.717) is 6.54 Å². The molecule has 50 valence electrons. The van der Waals surface area contributed by atoms with Gasteiger partial charge in [-0.1, -0.05) is 0 Å². The molecule has 1 rings (SSSR count). The molecule has 0 atom stereocenters.